The van der Waals surface area contributed by atoms with E-state index in [1.54, 1.807) is 0 Å². The fraction of sp³-hybridized carbons (Fsp3) is 0.917. The van der Waals surface area contributed by atoms with Crippen LogP contribution in [0.2, 0.25) is 0 Å². The van der Waals surface area contributed by atoms with Crippen LogP contribution in [0.25, 0.3) is 0 Å². The van der Waals surface area contributed by atoms with Crippen molar-refractivity contribution in [3.05, 3.63) is 0 Å². The molecule has 1 fully saturated rings. The molecule has 1 aliphatic rings. The van der Waals surface area contributed by atoms with E-state index in [2.05, 4.69) is 30.8 Å². The van der Waals surface area contributed by atoms with E-state index in [1.807, 2.05) is 0 Å². The van der Waals surface area contributed by atoms with E-state index in [0.29, 0.717) is 11.9 Å². The van der Waals surface area contributed by atoms with Crippen molar-refractivity contribution >= 4 is 5.84 Å². The van der Waals surface area contributed by atoms with Gasteiger partial charge in [-0.2, -0.15) is 0 Å². The molecule has 0 bridgehead atoms. The molecular formula is C12H25N3O. The standard InChI is InChI=1S/C12H25N3O/c1-4-5-10(2)15-8-6-12(3,7-9-15)11(13)14-16/h10,16H,4-9H2,1-3H3,(H2,13,14). The van der Waals surface area contributed by atoms with E-state index in [1.165, 1.54) is 12.8 Å². The maximum atomic E-state index is 8.76. The zero-order valence-corrected chi connectivity index (χ0v) is 10.7. The monoisotopic (exact) mass is 227 g/mol. The second-order valence-electron chi connectivity index (χ2n) is 5.22. The van der Waals surface area contributed by atoms with Crippen molar-refractivity contribution in [3.8, 4) is 0 Å². The molecule has 0 saturated carbocycles. The Hall–Kier alpha value is -0.770. The molecule has 0 aromatic heterocycles. The fourth-order valence-corrected chi connectivity index (χ4v) is 2.44. The molecule has 4 nitrogen and oxygen atoms in total. The molecule has 0 radical (unpaired) electrons. The molecule has 1 heterocycles. The summed E-state index contributed by atoms with van der Waals surface area (Å²) in [4.78, 5) is 2.51. The lowest BCUT2D eigenvalue weighted by Crippen LogP contribution is -2.48. The molecule has 1 saturated heterocycles. The molecule has 0 aliphatic carbocycles. The summed E-state index contributed by atoms with van der Waals surface area (Å²) in [5.41, 5.74) is 5.63. The molecule has 0 spiro atoms. The van der Waals surface area contributed by atoms with Crippen molar-refractivity contribution in [3.63, 3.8) is 0 Å². The van der Waals surface area contributed by atoms with Gasteiger partial charge in [-0.3, -0.25) is 0 Å². The number of oxime groups is 1. The third-order valence-corrected chi connectivity index (χ3v) is 3.96. The highest BCUT2D eigenvalue weighted by Gasteiger charge is 2.35. The average molecular weight is 227 g/mol. The minimum absolute atomic E-state index is 0.114. The summed E-state index contributed by atoms with van der Waals surface area (Å²) < 4.78 is 0. The van der Waals surface area contributed by atoms with E-state index >= 15 is 0 Å². The van der Waals surface area contributed by atoms with Crippen LogP contribution in [0, 0.1) is 5.41 Å². The minimum Gasteiger partial charge on any atom is -0.409 e. The van der Waals surface area contributed by atoms with Gasteiger partial charge in [0, 0.05) is 11.5 Å². The van der Waals surface area contributed by atoms with Crippen molar-refractivity contribution in [2.24, 2.45) is 16.3 Å². The largest absolute Gasteiger partial charge is 0.409 e. The van der Waals surface area contributed by atoms with Crippen molar-refractivity contribution in [2.45, 2.75) is 52.5 Å². The van der Waals surface area contributed by atoms with Gasteiger partial charge in [-0.05, 0) is 39.3 Å². The molecule has 3 N–H and O–H groups in total. The topological polar surface area (TPSA) is 61.8 Å². The van der Waals surface area contributed by atoms with E-state index in [4.69, 9.17) is 10.9 Å². The van der Waals surface area contributed by atoms with Gasteiger partial charge in [0.05, 0.1) is 0 Å². The zero-order chi connectivity index (χ0) is 12.2. The maximum absolute atomic E-state index is 8.76. The molecule has 1 atom stereocenters. The smallest absolute Gasteiger partial charge is 0.145 e. The third-order valence-electron chi connectivity index (χ3n) is 3.96. The Morgan fingerprint density at radius 1 is 1.50 bits per heavy atom. The third kappa shape index (κ3) is 2.88. The van der Waals surface area contributed by atoms with E-state index < -0.39 is 0 Å². The molecule has 0 amide bonds. The van der Waals surface area contributed by atoms with Crippen molar-refractivity contribution < 1.29 is 5.21 Å². The number of amidine groups is 1. The lowest BCUT2D eigenvalue weighted by molar-refractivity contribution is 0.117. The number of nitrogens with zero attached hydrogens (tertiary/aromatic N) is 2. The summed E-state index contributed by atoms with van der Waals surface area (Å²) in [5.74, 6) is 0.385. The maximum Gasteiger partial charge on any atom is 0.145 e. The first-order chi connectivity index (χ1) is 7.53. The predicted octanol–water partition coefficient (Wildman–Crippen LogP) is 2.02. The van der Waals surface area contributed by atoms with Gasteiger partial charge in [0.2, 0.25) is 0 Å². The number of piperidine rings is 1. The van der Waals surface area contributed by atoms with Crippen LogP contribution in [0.4, 0.5) is 0 Å². The Balaban J connectivity index is 2.50. The first-order valence-electron chi connectivity index (χ1n) is 6.25. The average Bonchev–Trinajstić information content (AvgIpc) is 2.29. The SMILES string of the molecule is CCCC(C)N1CCC(C)(C(N)=NO)CC1. The summed E-state index contributed by atoms with van der Waals surface area (Å²) >= 11 is 0. The van der Waals surface area contributed by atoms with Crippen LogP contribution in [0.1, 0.15) is 46.5 Å². The number of hydrogen-bond donors (Lipinski definition) is 2. The van der Waals surface area contributed by atoms with Gasteiger partial charge in [0.25, 0.3) is 0 Å². The normalized spacial score (nSPS) is 24.3. The van der Waals surface area contributed by atoms with Gasteiger partial charge >= 0.3 is 0 Å². The summed E-state index contributed by atoms with van der Waals surface area (Å²) in [6.07, 6.45) is 4.45. The van der Waals surface area contributed by atoms with Crippen molar-refractivity contribution in [1.29, 1.82) is 0 Å². The molecule has 1 rings (SSSR count). The van der Waals surface area contributed by atoms with Crippen LogP contribution in [0.3, 0.4) is 0 Å². The summed E-state index contributed by atoms with van der Waals surface area (Å²) in [6, 6.07) is 0.654. The van der Waals surface area contributed by atoms with Gasteiger partial charge in [0.15, 0.2) is 0 Å². The molecule has 94 valence electrons. The summed E-state index contributed by atoms with van der Waals surface area (Å²) in [5, 5.41) is 11.9. The van der Waals surface area contributed by atoms with Crippen LogP contribution >= 0.6 is 0 Å². The molecule has 4 heteroatoms. The second kappa shape index (κ2) is 5.53. The Kier molecular flexibility index (Phi) is 4.59. The van der Waals surface area contributed by atoms with E-state index in [0.717, 1.165) is 25.9 Å². The lowest BCUT2D eigenvalue weighted by atomic mass is 9.79. The molecule has 1 aliphatic heterocycles. The zero-order valence-electron chi connectivity index (χ0n) is 10.7. The van der Waals surface area contributed by atoms with E-state index in [9.17, 15) is 0 Å². The van der Waals surface area contributed by atoms with Gasteiger partial charge in [0.1, 0.15) is 5.84 Å². The minimum atomic E-state index is -0.114. The quantitative estimate of drug-likeness (QED) is 0.334. The summed E-state index contributed by atoms with van der Waals surface area (Å²) in [7, 11) is 0. The number of rotatable bonds is 4. The van der Waals surface area contributed by atoms with Crippen molar-refractivity contribution in [2.75, 3.05) is 13.1 Å². The second-order valence-corrected chi connectivity index (χ2v) is 5.22. The molecule has 16 heavy (non-hydrogen) atoms. The highest BCUT2D eigenvalue weighted by molar-refractivity contribution is 5.85. The molecular weight excluding hydrogens is 202 g/mol. The number of hydrogen-bond acceptors (Lipinski definition) is 3. The molecule has 0 aromatic rings. The fourth-order valence-electron chi connectivity index (χ4n) is 2.44. The Morgan fingerprint density at radius 2 is 2.06 bits per heavy atom. The van der Waals surface area contributed by atoms with Crippen molar-refractivity contribution in [1.82, 2.24) is 4.90 Å². The van der Waals surface area contributed by atoms with Gasteiger partial charge in [-0.25, -0.2) is 0 Å². The number of nitrogens with two attached hydrogens (primary N) is 1. The van der Waals surface area contributed by atoms with E-state index in [-0.39, 0.29) is 5.41 Å². The van der Waals surface area contributed by atoms with Gasteiger partial charge in [-0.1, -0.05) is 25.4 Å². The number of likely N-dealkylation sites (tertiary alicyclic amines) is 1. The van der Waals surface area contributed by atoms with Crippen LogP contribution in [-0.4, -0.2) is 35.1 Å². The van der Waals surface area contributed by atoms with Crippen LogP contribution in [0.15, 0.2) is 5.16 Å². The highest BCUT2D eigenvalue weighted by atomic mass is 16.4. The summed E-state index contributed by atoms with van der Waals surface area (Å²) in [6.45, 7) is 8.70. The van der Waals surface area contributed by atoms with Gasteiger partial charge in [-0.15, -0.1) is 0 Å². The van der Waals surface area contributed by atoms with Crippen LogP contribution < -0.4 is 5.73 Å². The highest BCUT2D eigenvalue weighted by Crippen LogP contribution is 2.32. The molecule has 0 aromatic carbocycles. The van der Waals surface area contributed by atoms with Gasteiger partial charge < -0.3 is 15.8 Å². The van der Waals surface area contributed by atoms with Crippen LogP contribution in [0.5, 0.6) is 0 Å². The first kappa shape index (κ1) is 13.3. The Morgan fingerprint density at radius 3 is 2.50 bits per heavy atom. The Bertz CT molecular complexity index is 245. The lowest BCUT2D eigenvalue weighted by Gasteiger charge is -2.41. The Labute approximate surface area is 98.5 Å². The first-order valence-corrected chi connectivity index (χ1v) is 6.25. The predicted molar refractivity (Wildman–Crippen MR) is 66.7 cm³/mol. The van der Waals surface area contributed by atoms with Crippen LogP contribution in [-0.2, 0) is 0 Å². The molecule has 1 unspecified atom stereocenters.